The Hall–Kier alpha value is -3.01. The zero-order valence-corrected chi connectivity index (χ0v) is 17.1. The largest absolute Gasteiger partial charge is 0.496 e. The van der Waals surface area contributed by atoms with E-state index >= 15 is 0 Å². The van der Waals surface area contributed by atoms with E-state index in [0.717, 1.165) is 11.1 Å². The fraction of sp³-hybridized carbons (Fsp3) is 0.476. The molecular formula is C21H24F2N6O2. The molecule has 0 saturated heterocycles. The Bertz CT molecular complexity index is 1140. The van der Waals surface area contributed by atoms with Gasteiger partial charge in [0, 0.05) is 23.9 Å². The van der Waals surface area contributed by atoms with Crippen molar-refractivity contribution in [3.8, 4) is 5.75 Å². The molecule has 3 aromatic rings. The second-order valence-electron chi connectivity index (χ2n) is 8.59. The minimum atomic E-state index is -2.49. The number of anilines is 2. The van der Waals surface area contributed by atoms with E-state index < -0.39 is 11.3 Å². The van der Waals surface area contributed by atoms with Gasteiger partial charge in [-0.15, -0.1) is 0 Å². The molecule has 2 saturated carbocycles. The third kappa shape index (κ3) is 3.34. The second kappa shape index (κ2) is 7.01. The van der Waals surface area contributed by atoms with E-state index in [1.807, 2.05) is 12.1 Å². The number of hydrogen-bond acceptors (Lipinski definition) is 7. The van der Waals surface area contributed by atoms with Gasteiger partial charge in [-0.05, 0) is 30.4 Å². The standard InChI is InChI=1S/C21H24F2N6O2/c1-31-16-4-12(10-30)2-3-14(16)9-29-17-15(8-26-29)27-19(24)28-18(17)25-7-13-5-20(6-13)11-21(20,22)23/h2-4,8,13,30H,5-7,9-11H2,1H3,(H3,24,25,27,28). The lowest BCUT2D eigenvalue weighted by atomic mass is 9.71. The number of ether oxygens (including phenoxy) is 1. The molecular weight excluding hydrogens is 406 g/mol. The van der Waals surface area contributed by atoms with Gasteiger partial charge in [0.05, 0.1) is 26.5 Å². The first kappa shape index (κ1) is 19.9. The van der Waals surface area contributed by atoms with Gasteiger partial charge in [0.1, 0.15) is 16.8 Å². The van der Waals surface area contributed by atoms with Gasteiger partial charge in [0.2, 0.25) is 5.95 Å². The fourth-order valence-electron chi connectivity index (χ4n) is 4.69. The first-order valence-electron chi connectivity index (χ1n) is 10.2. The van der Waals surface area contributed by atoms with E-state index in [1.165, 1.54) is 0 Å². The molecule has 2 aromatic heterocycles. The summed E-state index contributed by atoms with van der Waals surface area (Å²) in [6.45, 7) is 0.874. The number of nitrogen functional groups attached to an aromatic ring is 1. The topological polar surface area (TPSA) is 111 Å². The zero-order chi connectivity index (χ0) is 21.8. The summed E-state index contributed by atoms with van der Waals surface area (Å²) in [4.78, 5) is 8.60. The van der Waals surface area contributed by atoms with E-state index in [9.17, 15) is 13.9 Å². The highest BCUT2D eigenvalue weighted by Crippen LogP contribution is 2.72. The predicted molar refractivity (Wildman–Crippen MR) is 111 cm³/mol. The van der Waals surface area contributed by atoms with Crippen LogP contribution in [0.15, 0.2) is 24.4 Å². The van der Waals surface area contributed by atoms with Crippen LogP contribution < -0.4 is 15.8 Å². The second-order valence-corrected chi connectivity index (χ2v) is 8.59. The molecule has 0 atom stereocenters. The van der Waals surface area contributed by atoms with Gasteiger partial charge >= 0.3 is 0 Å². The number of halogens is 2. The summed E-state index contributed by atoms with van der Waals surface area (Å²) < 4.78 is 34.1. The maximum Gasteiger partial charge on any atom is 0.254 e. The molecule has 0 radical (unpaired) electrons. The summed E-state index contributed by atoms with van der Waals surface area (Å²) in [6, 6.07) is 5.50. The lowest BCUT2D eigenvalue weighted by molar-refractivity contribution is 0.00528. The Balaban J connectivity index is 1.38. The number of fused-ring (bicyclic) bond motifs is 1. The van der Waals surface area contributed by atoms with Crippen molar-refractivity contribution in [3.63, 3.8) is 0 Å². The van der Waals surface area contributed by atoms with Crippen molar-refractivity contribution >= 4 is 22.8 Å². The highest BCUT2D eigenvalue weighted by molar-refractivity contribution is 5.86. The quantitative estimate of drug-likeness (QED) is 0.529. The van der Waals surface area contributed by atoms with Crippen LogP contribution in [0.4, 0.5) is 20.5 Å². The third-order valence-electron chi connectivity index (χ3n) is 6.49. The van der Waals surface area contributed by atoms with Crippen LogP contribution in [0.25, 0.3) is 11.0 Å². The van der Waals surface area contributed by atoms with Crippen LogP contribution in [0.2, 0.25) is 0 Å². The fourth-order valence-corrected chi connectivity index (χ4v) is 4.69. The van der Waals surface area contributed by atoms with E-state index in [0.29, 0.717) is 48.5 Å². The highest BCUT2D eigenvalue weighted by atomic mass is 19.3. The molecule has 2 aliphatic rings. The van der Waals surface area contributed by atoms with Crippen molar-refractivity contribution in [1.82, 2.24) is 19.7 Å². The molecule has 0 unspecified atom stereocenters. The van der Waals surface area contributed by atoms with Gasteiger partial charge in [0.25, 0.3) is 5.92 Å². The molecule has 2 heterocycles. The number of rotatable bonds is 7. The van der Waals surface area contributed by atoms with Gasteiger partial charge in [-0.2, -0.15) is 10.1 Å². The van der Waals surface area contributed by atoms with Crippen LogP contribution >= 0.6 is 0 Å². The summed E-state index contributed by atoms with van der Waals surface area (Å²) in [5.41, 5.74) is 8.03. The minimum absolute atomic E-state index is 0.0187. The predicted octanol–water partition coefficient (Wildman–Crippen LogP) is 2.81. The molecule has 164 valence electrons. The molecule has 0 aliphatic heterocycles. The van der Waals surface area contributed by atoms with Gasteiger partial charge in [-0.3, -0.25) is 4.68 Å². The lowest BCUT2D eigenvalue weighted by Crippen LogP contribution is -2.34. The van der Waals surface area contributed by atoms with Gasteiger partial charge < -0.3 is 20.9 Å². The van der Waals surface area contributed by atoms with E-state index in [4.69, 9.17) is 10.5 Å². The number of nitrogens with one attached hydrogen (secondary N) is 1. The summed E-state index contributed by atoms with van der Waals surface area (Å²) in [5.74, 6) is -1.000. The van der Waals surface area contributed by atoms with Crippen molar-refractivity contribution in [2.45, 2.75) is 38.3 Å². The molecule has 1 spiro atoms. The van der Waals surface area contributed by atoms with Crippen molar-refractivity contribution in [3.05, 3.63) is 35.5 Å². The maximum absolute atomic E-state index is 13.5. The van der Waals surface area contributed by atoms with Crippen LogP contribution in [-0.2, 0) is 13.2 Å². The number of aromatic nitrogens is 4. The average Bonchev–Trinajstić information content (AvgIpc) is 3.08. The van der Waals surface area contributed by atoms with Crippen molar-refractivity contribution in [1.29, 1.82) is 0 Å². The number of methoxy groups -OCH3 is 1. The van der Waals surface area contributed by atoms with E-state index in [-0.39, 0.29) is 24.9 Å². The number of alkyl halides is 2. The SMILES string of the molecule is COc1cc(CO)ccc1Cn1ncc2nc(N)nc(NCC3CC4(C3)CC4(F)F)c21. The Morgan fingerprint density at radius 2 is 2.10 bits per heavy atom. The molecule has 8 nitrogen and oxygen atoms in total. The smallest absolute Gasteiger partial charge is 0.254 e. The van der Waals surface area contributed by atoms with Crippen LogP contribution in [0, 0.1) is 11.3 Å². The molecule has 0 bridgehead atoms. The minimum Gasteiger partial charge on any atom is -0.496 e. The summed E-state index contributed by atoms with van der Waals surface area (Å²) in [6.07, 6.45) is 2.70. The maximum atomic E-state index is 13.5. The van der Waals surface area contributed by atoms with Crippen LogP contribution in [0.3, 0.4) is 0 Å². The number of aliphatic hydroxyl groups excluding tert-OH is 1. The molecule has 2 aliphatic carbocycles. The van der Waals surface area contributed by atoms with Gasteiger partial charge in [-0.25, -0.2) is 13.8 Å². The average molecular weight is 430 g/mol. The normalized spacial score (nSPS) is 23.7. The zero-order valence-electron chi connectivity index (χ0n) is 17.1. The van der Waals surface area contributed by atoms with Gasteiger partial charge in [0.15, 0.2) is 5.82 Å². The van der Waals surface area contributed by atoms with Crippen molar-refractivity contribution < 1.29 is 18.6 Å². The molecule has 2 fully saturated rings. The summed E-state index contributed by atoms with van der Waals surface area (Å²) in [5, 5.41) is 17.1. The number of benzene rings is 1. The Morgan fingerprint density at radius 3 is 2.77 bits per heavy atom. The van der Waals surface area contributed by atoms with Crippen LogP contribution in [0.5, 0.6) is 5.75 Å². The van der Waals surface area contributed by atoms with Crippen LogP contribution in [0.1, 0.15) is 30.4 Å². The molecule has 1 aromatic carbocycles. The number of nitrogens with zero attached hydrogens (tertiary/aromatic N) is 4. The number of nitrogens with two attached hydrogens (primary N) is 1. The monoisotopic (exact) mass is 430 g/mol. The Kier molecular flexibility index (Phi) is 4.51. The summed E-state index contributed by atoms with van der Waals surface area (Å²) >= 11 is 0. The number of aliphatic hydroxyl groups is 1. The third-order valence-corrected chi connectivity index (χ3v) is 6.49. The van der Waals surface area contributed by atoms with Crippen molar-refractivity contribution in [2.75, 3.05) is 24.7 Å². The van der Waals surface area contributed by atoms with E-state index in [2.05, 4.69) is 20.4 Å². The molecule has 10 heteroatoms. The summed E-state index contributed by atoms with van der Waals surface area (Å²) in [7, 11) is 1.58. The highest BCUT2D eigenvalue weighted by Gasteiger charge is 2.75. The lowest BCUT2D eigenvalue weighted by Gasteiger charge is -2.36. The molecule has 31 heavy (non-hydrogen) atoms. The van der Waals surface area contributed by atoms with Crippen LogP contribution in [-0.4, -0.2) is 44.4 Å². The first-order chi connectivity index (χ1) is 14.8. The number of hydrogen-bond donors (Lipinski definition) is 3. The van der Waals surface area contributed by atoms with E-state index in [1.54, 1.807) is 24.1 Å². The first-order valence-corrected chi connectivity index (χ1v) is 10.2. The Labute approximate surface area is 177 Å². The molecule has 4 N–H and O–H groups in total. The van der Waals surface area contributed by atoms with Gasteiger partial charge in [-0.1, -0.05) is 12.1 Å². The Morgan fingerprint density at radius 1 is 1.32 bits per heavy atom. The molecule has 0 amide bonds. The van der Waals surface area contributed by atoms with Crippen molar-refractivity contribution in [2.24, 2.45) is 11.3 Å². The molecule has 5 rings (SSSR count).